The Balaban J connectivity index is 2.00. The van der Waals surface area contributed by atoms with E-state index in [0.29, 0.717) is 6.61 Å². The summed E-state index contributed by atoms with van der Waals surface area (Å²) in [6, 6.07) is 6.33. The van der Waals surface area contributed by atoms with Gasteiger partial charge in [0.2, 0.25) is 0 Å². The van der Waals surface area contributed by atoms with Crippen molar-refractivity contribution in [3.63, 3.8) is 0 Å². The summed E-state index contributed by atoms with van der Waals surface area (Å²) in [5, 5.41) is 6.66. The van der Waals surface area contributed by atoms with Gasteiger partial charge in [-0.2, -0.15) is 0 Å². The quantitative estimate of drug-likeness (QED) is 0.797. The maximum absolute atomic E-state index is 5.97. The van der Waals surface area contributed by atoms with Gasteiger partial charge in [-0.25, -0.2) is 4.98 Å². The summed E-state index contributed by atoms with van der Waals surface area (Å²) in [7, 11) is 0. The van der Waals surface area contributed by atoms with Crippen LogP contribution in [-0.4, -0.2) is 11.5 Å². The molecule has 114 valence electrons. The smallest absolute Gasteiger partial charge is 0.131 e. The molecular formula is C17H24N2OS. The molecule has 1 aromatic heterocycles. The van der Waals surface area contributed by atoms with Gasteiger partial charge in [-0.1, -0.05) is 31.5 Å². The first-order valence-corrected chi connectivity index (χ1v) is 8.47. The lowest BCUT2D eigenvalue weighted by atomic mass is 10.1. The van der Waals surface area contributed by atoms with E-state index in [-0.39, 0.29) is 0 Å². The molecule has 0 aliphatic heterocycles. The van der Waals surface area contributed by atoms with Crippen molar-refractivity contribution >= 4 is 11.3 Å². The monoisotopic (exact) mass is 304 g/mol. The molecule has 0 amide bonds. The second-order valence-corrected chi connectivity index (χ2v) is 6.11. The van der Waals surface area contributed by atoms with Gasteiger partial charge < -0.3 is 10.1 Å². The summed E-state index contributed by atoms with van der Waals surface area (Å²) in [6.45, 7) is 8.74. The van der Waals surface area contributed by atoms with E-state index >= 15 is 0 Å². The van der Waals surface area contributed by atoms with E-state index in [1.54, 1.807) is 11.3 Å². The summed E-state index contributed by atoms with van der Waals surface area (Å²) < 4.78 is 5.97. The molecule has 0 unspecified atom stereocenters. The van der Waals surface area contributed by atoms with Crippen molar-refractivity contribution in [1.82, 2.24) is 10.3 Å². The predicted molar refractivity (Wildman–Crippen MR) is 89.0 cm³/mol. The molecule has 0 saturated carbocycles. The van der Waals surface area contributed by atoms with Crippen molar-refractivity contribution < 1.29 is 4.74 Å². The van der Waals surface area contributed by atoms with Crippen LogP contribution in [0.25, 0.3) is 0 Å². The molecule has 0 saturated heterocycles. The second kappa shape index (κ2) is 8.15. The van der Waals surface area contributed by atoms with Crippen molar-refractivity contribution in [1.29, 1.82) is 0 Å². The molecule has 0 aliphatic rings. The molecule has 0 spiro atoms. The largest absolute Gasteiger partial charge is 0.487 e. The molecule has 0 aliphatic carbocycles. The zero-order valence-electron chi connectivity index (χ0n) is 13.1. The Labute approximate surface area is 131 Å². The number of aryl methyl sites for hydroxylation is 2. The van der Waals surface area contributed by atoms with Crippen molar-refractivity contribution in [2.75, 3.05) is 6.54 Å². The van der Waals surface area contributed by atoms with Crippen LogP contribution in [-0.2, 0) is 19.6 Å². The zero-order valence-corrected chi connectivity index (χ0v) is 13.9. The van der Waals surface area contributed by atoms with Crippen LogP contribution in [0.2, 0.25) is 0 Å². The van der Waals surface area contributed by atoms with Crippen LogP contribution >= 0.6 is 11.3 Å². The first kappa shape index (κ1) is 16.0. The molecule has 1 aromatic carbocycles. The second-order valence-electron chi connectivity index (χ2n) is 5.16. The minimum absolute atomic E-state index is 0.544. The maximum atomic E-state index is 5.97. The van der Waals surface area contributed by atoms with Gasteiger partial charge in [0.15, 0.2) is 0 Å². The molecule has 2 aromatic rings. The number of hydrogen-bond acceptors (Lipinski definition) is 4. The van der Waals surface area contributed by atoms with Crippen molar-refractivity contribution in [3.05, 3.63) is 45.4 Å². The number of hydrogen-bond donors (Lipinski definition) is 1. The van der Waals surface area contributed by atoms with Crippen LogP contribution in [0.3, 0.4) is 0 Å². The molecule has 0 radical (unpaired) electrons. The van der Waals surface area contributed by atoms with Gasteiger partial charge in [-0.3, -0.25) is 0 Å². The first-order valence-electron chi connectivity index (χ1n) is 7.59. The zero-order chi connectivity index (χ0) is 15.1. The van der Waals surface area contributed by atoms with Gasteiger partial charge in [-0.15, -0.1) is 11.3 Å². The molecule has 0 atom stereocenters. The van der Waals surface area contributed by atoms with Crippen LogP contribution in [0.15, 0.2) is 23.6 Å². The molecule has 1 heterocycles. The van der Waals surface area contributed by atoms with Crippen molar-refractivity contribution in [2.24, 2.45) is 0 Å². The lowest BCUT2D eigenvalue weighted by Crippen LogP contribution is -2.13. The Hall–Kier alpha value is -1.39. The Morgan fingerprint density at radius 2 is 2.14 bits per heavy atom. The molecule has 21 heavy (non-hydrogen) atoms. The average molecular weight is 304 g/mol. The van der Waals surface area contributed by atoms with Crippen molar-refractivity contribution in [2.45, 2.75) is 46.8 Å². The standard InChI is InChI=1S/C17H24N2OS/c1-4-6-17-19-15(12-21-17)11-20-16-8-7-13(3)9-14(16)10-18-5-2/h7-9,12,18H,4-6,10-11H2,1-3H3. The first-order chi connectivity index (χ1) is 10.2. The number of nitrogens with zero attached hydrogens (tertiary/aromatic N) is 1. The minimum atomic E-state index is 0.544. The number of benzene rings is 1. The van der Waals surface area contributed by atoms with Crippen LogP contribution in [0.1, 0.15) is 42.1 Å². The van der Waals surface area contributed by atoms with E-state index in [0.717, 1.165) is 37.4 Å². The Kier molecular flexibility index (Phi) is 6.21. The lowest BCUT2D eigenvalue weighted by molar-refractivity contribution is 0.298. The van der Waals surface area contributed by atoms with E-state index in [2.05, 4.69) is 54.7 Å². The average Bonchev–Trinajstić information content (AvgIpc) is 2.92. The predicted octanol–water partition coefficient (Wildman–Crippen LogP) is 4.09. The van der Waals surface area contributed by atoms with Crippen LogP contribution in [0, 0.1) is 6.92 Å². The van der Waals surface area contributed by atoms with E-state index in [9.17, 15) is 0 Å². The van der Waals surface area contributed by atoms with Crippen LogP contribution in [0.4, 0.5) is 0 Å². The highest BCUT2D eigenvalue weighted by Gasteiger charge is 2.06. The fourth-order valence-corrected chi connectivity index (χ4v) is 3.03. The van der Waals surface area contributed by atoms with Crippen molar-refractivity contribution in [3.8, 4) is 5.75 Å². The number of nitrogens with one attached hydrogen (secondary N) is 1. The van der Waals surface area contributed by atoms with E-state index in [1.807, 2.05) is 0 Å². The van der Waals surface area contributed by atoms with Gasteiger partial charge in [0.1, 0.15) is 12.4 Å². The number of thiazole rings is 1. The summed E-state index contributed by atoms with van der Waals surface area (Å²) in [6.07, 6.45) is 2.19. The third-order valence-electron chi connectivity index (χ3n) is 3.22. The molecule has 2 rings (SSSR count). The van der Waals surface area contributed by atoms with Gasteiger partial charge >= 0.3 is 0 Å². The summed E-state index contributed by atoms with van der Waals surface area (Å²) >= 11 is 1.73. The lowest BCUT2D eigenvalue weighted by Gasteiger charge is -2.12. The summed E-state index contributed by atoms with van der Waals surface area (Å²) in [5.74, 6) is 0.951. The minimum Gasteiger partial charge on any atom is -0.487 e. The number of aromatic nitrogens is 1. The third-order valence-corrected chi connectivity index (χ3v) is 4.18. The molecule has 0 fully saturated rings. The highest BCUT2D eigenvalue weighted by Crippen LogP contribution is 2.22. The normalized spacial score (nSPS) is 10.8. The fraction of sp³-hybridized carbons (Fsp3) is 0.471. The highest BCUT2D eigenvalue weighted by molar-refractivity contribution is 7.09. The fourth-order valence-electron chi connectivity index (χ4n) is 2.14. The molecule has 0 bridgehead atoms. The Bertz CT molecular complexity index is 566. The van der Waals surface area contributed by atoms with E-state index in [1.165, 1.54) is 16.1 Å². The molecule has 1 N–H and O–H groups in total. The third kappa shape index (κ3) is 4.83. The van der Waals surface area contributed by atoms with E-state index < -0.39 is 0 Å². The highest BCUT2D eigenvalue weighted by atomic mass is 32.1. The summed E-state index contributed by atoms with van der Waals surface area (Å²) in [5.41, 5.74) is 3.49. The SMILES string of the molecule is CCCc1nc(COc2ccc(C)cc2CNCC)cs1. The van der Waals surface area contributed by atoms with Crippen LogP contribution in [0.5, 0.6) is 5.75 Å². The Morgan fingerprint density at radius 3 is 2.90 bits per heavy atom. The summed E-state index contributed by atoms with van der Waals surface area (Å²) in [4.78, 5) is 4.60. The van der Waals surface area contributed by atoms with Gasteiger partial charge in [-0.05, 0) is 32.4 Å². The molecule has 3 nitrogen and oxygen atoms in total. The van der Waals surface area contributed by atoms with Gasteiger partial charge in [0, 0.05) is 17.5 Å². The maximum Gasteiger partial charge on any atom is 0.131 e. The molecule has 4 heteroatoms. The number of rotatable bonds is 8. The van der Waals surface area contributed by atoms with Gasteiger partial charge in [0.25, 0.3) is 0 Å². The van der Waals surface area contributed by atoms with E-state index in [4.69, 9.17) is 4.74 Å². The molecular weight excluding hydrogens is 280 g/mol. The topological polar surface area (TPSA) is 34.1 Å². The van der Waals surface area contributed by atoms with Gasteiger partial charge in [0.05, 0.1) is 10.7 Å². The number of ether oxygens (including phenoxy) is 1. The Morgan fingerprint density at radius 1 is 1.29 bits per heavy atom. The van der Waals surface area contributed by atoms with Crippen LogP contribution < -0.4 is 10.1 Å².